The number of anilines is 1. The van der Waals surface area contributed by atoms with E-state index in [1.54, 1.807) is 12.1 Å². The first-order valence-corrected chi connectivity index (χ1v) is 11.6. The van der Waals surface area contributed by atoms with E-state index in [0.717, 1.165) is 12.0 Å². The summed E-state index contributed by atoms with van der Waals surface area (Å²) >= 11 is 0. The van der Waals surface area contributed by atoms with Crippen LogP contribution >= 0.6 is 0 Å². The van der Waals surface area contributed by atoms with Gasteiger partial charge in [0.2, 0.25) is 0 Å². The molecule has 7 nitrogen and oxygen atoms in total. The number of hydrogen-bond donors (Lipinski definition) is 1. The summed E-state index contributed by atoms with van der Waals surface area (Å²) < 4.78 is 32.6. The Morgan fingerprint density at radius 1 is 1.16 bits per heavy atom. The molecule has 2 aromatic carbocycles. The van der Waals surface area contributed by atoms with Gasteiger partial charge in [0.15, 0.2) is 6.10 Å². The number of rotatable bonds is 8. The van der Waals surface area contributed by atoms with Gasteiger partial charge in [-0.3, -0.25) is 9.10 Å². The predicted molar refractivity (Wildman–Crippen MR) is 119 cm³/mol. The third kappa shape index (κ3) is 5.32. The lowest BCUT2D eigenvalue weighted by Crippen LogP contribution is -2.35. The molecule has 0 aliphatic carbocycles. The minimum absolute atomic E-state index is 0.185. The molecule has 1 atom stereocenters. The first-order valence-electron chi connectivity index (χ1n) is 10.2. The summed E-state index contributed by atoms with van der Waals surface area (Å²) in [7, 11) is -3.66. The number of fused-ring (bicyclic) bond motifs is 1. The molecule has 2 aromatic rings. The number of nitrogens with zero attached hydrogens (tertiary/aromatic N) is 1. The molecular formula is C23H26N2O5S. The Balaban J connectivity index is 1.64. The smallest absolute Gasteiger partial charge is 0.331 e. The van der Waals surface area contributed by atoms with Crippen molar-refractivity contribution in [1.82, 2.24) is 5.32 Å². The molecule has 3 rings (SSSR count). The Bertz CT molecular complexity index is 1080. The second-order valence-corrected chi connectivity index (χ2v) is 9.09. The van der Waals surface area contributed by atoms with Crippen molar-refractivity contribution < 1.29 is 22.7 Å². The maximum absolute atomic E-state index is 13.0. The number of hydrogen-bond acceptors (Lipinski definition) is 5. The van der Waals surface area contributed by atoms with Crippen LogP contribution in [0.5, 0.6) is 0 Å². The van der Waals surface area contributed by atoms with Crippen LogP contribution in [-0.4, -0.2) is 39.5 Å². The molecule has 1 aliphatic heterocycles. The molecular weight excluding hydrogens is 416 g/mol. The largest absolute Gasteiger partial charge is 0.449 e. The van der Waals surface area contributed by atoms with Gasteiger partial charge in [-0.15, -0.1) is 0 Å². The second-order valence-electron chi connectivity index (χ2n) is 7.23. The number of carbonyl (C=O) groups excluding carboxylic acids is 2. The molecule has 164 valence electrons. The van der Waals surface area contributed by atoms with Crippen molar-refractivity contribution in [2.75, 3.05) is 17.4 Å². The van der Waals surface area contributed by atoms with Gasteiger partial charge in [-0.1, -0.05) is 37.3 Å². The highest BCUT2D eigenvalue weighted by molar-refractivity contribution is 7.92. The van der Waals surface area contributed by atoms with Crippen molar-refractivity contribution in [1.29, 1.82) is 0 Å². The summed E-state index contributed by atoms with van der Waals surface area (Å²) in [5.74, 6) is -0.994. The van der Waals surface area contributed by atoms with Crippen molar-refractivity contribution in [2.45, 2.75) is 37.7 Å². The zero-order valence-electron chi connectivity index (χ0n) is 17.6. The molecule has 0 saturated heterocycles. The van der Waals surface area contributed by atoms with Crippen LogP contribution in [0.2, 0.25) is 0 Å². The Kier molecular flexibility index (Phi) is 7.12. The molecule has 0 aromatic heterocycles. The lowest BCUT2D eigenvalue weighted by molar-refractivity contribution is -0.150. The molecule has 0 fully saturated rings. The van der Waals surface area contributed by atoms with Crippen LogP contribution < -0.4 is 9.62 Å². The average molecular weight is 443 g/mol. The van der Waals surface area contributed by atoms with E-state index in [4.69, 9.17) is 4.74 Å². The molecule has 1 amide bonds. The summed E-state index contributed by atoms with van der Waals surface area (Å²) in [4.78, 5) is 23.9. The van der Waals surface area contributed by atoms with E-state index >= 15 is 0 Å². The molecule has 31 heavy (non-hydrogen) atoms. The van der Waals surface area contributed by atoms with Crippen molar-refractivity contribution >= 4 is 33.7 Å². The highest BCUT2D eigenvalue weighted by Gasteiger charge is 2.30. The fraction of sp³-hybridized carbons (Fsp3) is 0.304. The number of nitrogens with one attached hydrogen (secondary N) is 1. The van der Waals surface area contributed by atoms with Gasteiger partial charge < -0.3 is 10.1 Å². The van der Waals surface area contributed by atoms with Crippen molar-refractivity contribution in [3.05, 3.63) is 65.7 Å². The summed E-state index contributed by atoms with van der Waals surface area (Å²) in [6.45, 7) is 4.38. The van der Waals surface area contributed by atoms with Crippen molar-refractivity contribution in [2.24, 2.45) is 0 Å². The van der Waals surface area contributed by atoms with Crippen LogP contribution in [0.1, 0.15) is 31.4 Å². The number of sulfonamides is 1. The molecule has 0 unspecified atom stereocenters. The minimum Gasteiger partial charge on any atom is -0.449 e. The van der Waals surface area contributed by atoms with Gasteiger partial charge in [0, 0.05) is 19.2 Å². The number of ether oxygens (including phenoxy) is 1. The Labute approximate surface area is 182 Å². The van der Waals surface area contributed by atoms with E-state index in [9.17, 15) is 18.0 Å². The van der Waals surface area contributed by atoms with Crippen LogP contribution in [-0.2, 0) is 30.8 Å². The van der Waals surface area contributed by atoms with Crippen LogP contribution in [0, 0.1) is 0 Å². The van der Waals surface area contributed by atoms with E-state index < -0.39 is 22.1 Å². The molecule has 0 spiro atoms. The number of para-hydroxylation sites is 1. The van der Waals surface area contributed by atoms with Gasteiger partial charge in [0.1, 0.15) is 0 Å². The number of benzene rings is 2. The highest BCUT2D eigenvalue weighted by Crippen LogP contribution is 2.32. The van der Waals surface area contributed by atoms with E-state index in [1.807, 2.05) is 31.2 Å². The lowest BCUT2D eigenvalue weighted by atomic mass is 10.2. The first-order chi connectivity index (χ1) is 14.8. The normalized spacial score (nSPS) is 14.3. The van der Waals surface area contributed by atoms with E-state index in [-0.39, 0.29) is 10.8 Å². The van der Waals surface area contributed by atoms with Crippen LogP contribution in [0.25, 0.3) is 6.08 Å². The SMILES string of the molecule is CCCNC(=O)[C@H](C)OC(=O)/C=C\c1ccc(S(=O)(=O)N2CCc3ccccc32)cc1. The Morgan fingerprint density at radius 3 is 2.58 bits per heavy atom. The summed E-state index contributed by atoms with van der Waals surface area (Å²) in [5.41, 5.74) is 2.37. The van der Waals surface area contributed by atoms with Crippen LogP contribution in [0.3, 0.4) is 0 Å². The third-order valence-electron chi connectivity index (χ3n) is 4.94. The Morgan fingerprint density at radius 2 is 1.87 bits per heavy atom. The number of carbonyl (C=O) groups is 2. The van der Waals surface area contributed by atoms with Crippen LogP contribution in [0.4, 0.5) is 5.69 Å². The molecule has 8 heteroatoms. The number of esters is 1. The van der Waals surface area contributed by atoms with Gasteiger partial charge in [0.25, 0.3) is 15.9 Å². The molecule has 0 radical (unpaired) electrons. The quantitative estimate of drug-likeness (QED) is 0.501. The summed E-state index contributed by atoms with van der Waals surface area (Å²) in [5, 5.41) is 2.66. The topological polar surface area (TPSA) is 92.8 Å². The van der Waals surface area contributed by atoms with Gasteiger partial charge >= 0.3 is 5.97 Å². The maximum atomic E-state index is 13.0. The van der Waals surface area contributed by atoms with Crippen LogP contribution in [0.15, 0.2) is 59.5 Å². The minimum atomic E-state index is -3.66. The van der Waals surface area contributed by atoms with Gasteiger partial charge in [-0.2, -0.15) is 0 Å². The van der Waals surface area contributed by atoms with E-state index in [1.165, 1.54) is 35.5 Å². The molecule has 1 heterocycles. The fourth-order valence-electron chi connectivity index (χ4n) is 3.26. The van der Waals surface area contributed by atoms with E-state index in [2.05, 4.69) is 5.32 Å². The highest BCUT2D eigenvalue weighted by atomic mass is 32.2. The van der Waals surface area contributed by atoms with Gasteiger partial charge in [-0.25, -0.2) is 13.2 Å². The second kappa shape index (κ2) is 9.78. The Hall–Kier alpha value is -3.13. The average Bonchev–Trinajstić information content (AvgIpc) is 3.21. The monoisotopic (exact) mass is 442 g/mol. The molecule has 1 N–H and O–H groups in total. The molecule has 1 aliphatic rings. The zero-order chi connectivity index (χ0) is 22.4. The van der Waals surface area contributed by atoms with Crippen molar-refractivity contribution in [3.8, 4) is 0 Å². The standard InChI is InChI=1S/C23H26N2O5S/c1-3-15-24-23(27)17(2)30-22(26)13-10-18-8-11-20(12-9-18)31(28,29)25-16-14-19-6-4-5-7-21(19)25/h4-13,17H,3,14-16H2,1-2H3,(H,24,27)/b13-10-/t17-/m0/s1. The van der Waals surface area contributed by atoms with Gasteiger partial charge in [0.05, 0.1) is 10.6 Å². The summed E-state index contributed by atoms with van der Waals surface area (Å²) in [6, 6.07) is 13.8. The lowest BCUT2D eigenvalue weighted by Gasteiger charge is -2.19. The van der Waals surface area contributed by atoms with Crippen molar-refractivity contribution in [3.63, 3.8) is 0 Å². The fourth-order valence-corrected chi connectivity index (χ4v) is 4.76. The maximum Gasteiger partial charge on any atom is 0.331 e. The van der Waals surface area contributed by atoms with Gasteiger partial charge in [-0.05, 0) is 55.2 Å². The zero-order valence-corrected chi connectivity index (χ0v) is 18.4. The molecule has 0 bridgehead atoms. The van der Waals surface area contributed by atoms with E-state index in [0.29, 0.717) is 30.8 Å². The number of amides is 1. The molecule has 0 saturated carbocycles. The third-order valence-corrected chi connectivity index (χ3v) is 6.76. The first kappa shape index (κ1) is 22.6. The predicted octanol–water partition coefficient (Wildman–Crippen LogP) is 2.91. The summed E-state index contributed by atoms with van der Waals surface area (Å²) in [6.07, 6.45) is 3.32.